The summed E-state index contributed by atoms with van der Waals surface area (Å²) in [5.74, 6) is -0.311. The number of rotatable bonds is 4. The quantitative estimate of drug-likeness (QED) is 0.680. The van der Waals surface area contributed by atoms with Crippen LogP contribution in [0.2, 0.25) is 0 Å². The molecular weight excluding hydrogens is 424 g/mol. The van der Waals surface area contributed by atoms with E-state index in [1.807, 2.05) is 0 Å². The van der Waals surface area contributed by atoms with Crippen LogP contribution in [0.4, 0.5) is 14.6 Å². The van der Waals surface area contributed by atoms with Gasteiger partial charge in [-0.15, -0.1) is 0 Å². The van der Waals surface area contributed by atoms with E-state index in [1.165, 1.54) is 21.6 Å². The fraction of sp³-hybridized carbons (Fsp3) is 0.235. The first-order valence-corrected chi connectivity index (χ1v) is 8.91. The van der Waals surface area contributed by atoms with Crippen molar-refractivity contribution >= 4 is 27.7 Å². The zero-order valence-corrected chi connectivity index (χ0v) is 15.5. The lowest BCUT2D eigenvalue weighted by Gasteiger charge is -2.19. The number of nitrogens with zero attached hydrogens (tertiary/aromatic N) is 4. The molecule has 0 saturated heterocycles. The maximum atomic E-state index is 13.8. The summed E-state index contributed by atoms with van der Waals surface area (Å²) < 4.78 is 35.8. The number of nitrogens with one attached hydrogen (secondary N) is 1. The summed E-state index contributed by atoms with van der Waals surface area (Å²) in [7, 11) is 0. The van der Waals surface area contributed by atoms with Gasteiger partial charge in [-0.05, 0) is 22.0 Å². The maximum absolute atomic E-state index is 13.8. The lowest BCUT2D eigenvalue weighted by Crippen LogP contribution is -2.28. The van der Waals surface area contributed by atoms with E-state index < -0.39 is 12.1 Å². The maximum Gasteiger partial charge on any atom is 0.264 e. The first-order chi connectivity index (χ1) is 13.0. The van der Waals surface area contributed by atoms with Crippen LogP contribution in [0, 0.1) is 5.82 Å². The van der Waals surface area contributed by atoms with Crippen molar-refractivity contribution in [1.82, 2.24) is 19.6 Å². The summed E-state index contributed by atoms with van der Waals surface area (Å²) in [5, 5.41) is 10.9. The molecule has 2 aromatic heterocycles. The predicted octanol–water partition coefficient (Wildman–Crippen LogP) is 3.01. The largest absolute Gasteiger partial charge is 0.474 e. The number of amides is 1. The number of anilines is 1. The molecule has 1 N–H and O–H groups in total. The number of halogens is 3. The van der Waals surface area contributed by atoms with E-state index in [2.05, 4.69) is 31.4 Å². The highest BCUT2D eigenvalue weighted by molar-refractivity contribution is 9.10. The summed E-state index contributed by atoms with van der Waals surface area (Å²) in [6, 6.07) is 6.40. The third-order valence-electron chi connectivity index (χ3n) is 4.05. The van der Waals surface area contributed by atoms with Gasteiger partial charge in [0.15, 0.2) is 12.0 Å². The van der Waals surface area contributed by atoms with Gasteiger partial charge >= 0.3 is 0 Å². The van der Waals surface area contributed by atoms with Gasteiger partial charge in [-0.25, -0.2) is 13.5 Å². The van der Waals surface area contributed by atoms with Gasteiger partial charge in [-0.1, -0.05) is 18.2 Å². The molecule has 0 aliphatic carbocycles. The van der Waals surface area contributed by atoms with E-state index in [0.717, 1.165) is 0 Å². The van der Waals surface area contributed by atoms with Crippen molar-refractivity contribution in [2.75, 3.05) is 11.9 Å². The van der Waals surface area contributed by atoms with Gasteiger partial charge in [0.25, 0.3) is 5.91 Å². The Hall–Kier alpha value is -2.75. The fourth-order valence-corrected chi connectivity index (χ4v) is 3.18. The lowest BCUT2D eigenvalue weighted by atomic mass is 10.2. The topological polar surface area (TPSA) is 74.0 Å². The molecule has 10 heteroatoms. The van der Waals surface area contributed by atoms with Gasteiger partial charge in [-0.3, -0.25) is 9.48 Å². The van der Waals surface area contributed by atoms with Crippen LogP contribution in [-0.4, -0.2) is 38.2 Å². The monoisotopic (exact) mass is 437 g/mol. The van der Waals surface area contributed by atoms with Gasteiger partial charge in [0.2, 0.25) is 5.88 Å². The Kier molecular flexibility index (Phi) is 4.65. The smallest absolute Gasteiger partial charge is 0.264 e. The van der Waals surface area contributed by atoms with E-state index >= 15 is 0 Å². The second-order valence-electron chi connectivity index (χ2n) is 6.02. The molecule has 1 amide bonds. The molecule has 27 heavy (non-hydrogen) atoms. The minimum atomic E-state index is -1.16. The van der Waals surface area contributed by atoms with Crippen LogP contribution in [0.25, 0.3) is 0 Å². The normalized spacial score (nSPS) is 15.9. The Morgan fingerprint density at radius 3 is 3.04 bits per heavy atom. The number of aromatic nitrogens is 4. The number of fused-ring (bicyclic) bond motifs is 1. The Morgan fingerprint density at radius 2 is 2.22 bits per heavy atom. The van der Waals surface area contributed by atoms with E-state index in [9.17, 15) is 13.6 Å². The minimum Gasteiger partial charge on any atom is -0.474 e. The summed E-state index contributed by atoms with van der Waals surface area (Å²) in [4.78, 5) is 12.5. The molecule has 1 aliphatic rings. The molecule has 1 aliphatic heterocycles. The van der Waals surface area contributed by atoms with Gasteiger partial charge in [0.05, 0.1) is 23.8 Å². The fourth-order valence-electron chi connectivity index (χ4n) is 2.76. The highest BCUT2D eigenvalue weighted by atomic mass is 79.9. The number of hydrogen-bond acceptors (Lipinski definition) is 4. The Bertz CT molecular complexity index is 1000. The van der Waals surface area contributed by atoms with Gasteiger partial charge < -0.3 is 10.1 Å². The molecule has 1 atom stereocenters. The Labute approximate surface area is 161 Å². The summed E-state index contributed by atoms with van der Waals surface area (Å²) in [6.45, 7) is 0.141. The van der Waals surface area contributed by atoms with E-state index in [4.69, 9.17) is 4.74 Å². The van der Waals surface area contributed by atoms with Crippen LogP contribution in [0.3, 0.4) is 0 Å². The second kappa shape index (κ2) is 7.10. The SMILES string of the molecule is O=C(Nc1nn(Cc2ccccc2F)cc1Br)c1cnn2c1OCC(F)C2. The van der Waals surface area contributed by atoms with Crippen LogP contribution in [0.5, 0.6) is 5.88 Å². The number of hydrogen-bond donors (Lipinski definition) is 1. The molecule has 3 aromatic rings. The van der Waals surface area contributed by atoms with E-state index in [-0.39, 0.29) is 42.8 Å². The first-order valence-electron chi connectivity index (χ1n) is 8.11. The molecule has 7 nitrogen and oxygen atoms in total. The van der Waals surface area contributed by atoms with Crippen molar-refractivity contribution < 1.29 is 18.3 Å². The molecule has 0 fully saturated rings. The number of benzene rings is 1. The molecule has 140 valence electrons. The van der Waals surface area contributed by atoms with Gasteiger partial charge in [0, 0.05) is 11.8 Å². The molecular formula is C17H14BrF2N5O2. The van der Waals surface area contributed by atoms with Gasteiger partial charge in [0.1, 0.15) is 18.0 Å². The molecule has 4 rings (SSSR count). The zero-order chi connectivity index (χ0) is 19.0. The van der Waals surface area contributed by atoms with Crippen LogP contribution in [0.1, 0.15) is 15.9 Å². The standard InChI is InChI=1S/C17H14BrF2N5O2/c18-13-8-24(6-10-3-1-2-4-14(10)20)23-15(13)22-16(26)12-5-21-25-7-11(19)9-27-17(12)25/h1-5,8,11H,6-7,9H2,(H,22,23,26). The average Bonchev–Trinajstić information content (AvgIpc) is 3.20. The molecule has 0 bridgehead atoms. The first kappa shape index (κ1) is 17.7. The van der Waals surface area contributed by atoms with Crippen LogP contribution >= 0.6 is 15.9 Å². The third-order valence-corrected chi connectivity index (χ3v) is 4.63. The highest BCUT2D eigenvalue weighted by Gasteiger charge is 2.26. The number of ether oxygens (including phenoxy) is 1. The molecule has 1 unspecified atom stereocenters. The van der Waals surface area contributed by atoms with Crippen molar-refractivity contribution in [3.05, 3.63) is 58.1 Å². The van der Waals surface area contributed by atoms with Crippen molar-refractivity contribution in [1.29, 1.82) is 0 Å². The highest BCUT2D eigenvalue weighted by Crippen LogP contribution is 2.26. The van der Waals surface area contributed by atoms with E-state index in [0.29, 0.717) is 10.0 Å². The van der Waals surface area contributed by atoms with Crippen molar-refractivity contribution in [3.63, 3.8) is 0 Å². The Morgan fingerprint density at radius 1 is 1.41 bits per heavy atom. The number of carbonyl (C=O) groups excluding carboxylic acids is 1. The van der Waals surface area contributed by atoms with Crippen LogP contribution in [0.15, 0.2) is 41.1 Å². The summed E-state index contributed by atoms with van der Waals surface area (Å²) in [5.41, 5.74) is 0.669. The van der Waals surface area contributed by atoms with Crippen LogP contribution < -0.4 is 10.1 Å². The Balaban J connectivity index is 1.51. The molecule has 0 spiro atoms. The second-order valence-corrected chi connectivity index (χ2v) is 6.88. The predicted molar refractivity (Wildman–Crippen MR) is 96.0 cm³/mol. The van der Waals surface area contributed by atoms with Crippen molar-refractivity contribution in [2.24, 2.45) is 0 Å². The summed E-state index contributed by atoms with van der Waals surface area (Å²) in [6.07, 6.45) is 1.81. The van der Waals surface area contributed by atoms with Gasteiger partial charge in [-0.2, -0.15) is 10.2 Å². The van der Waals surface area contributed by atoms with Crippen molar-refractivity contribution in [3.8, 4) is 5.88 Å². The lowest BCUT2D eigenvalue weighted by molar-refractivity contribution is 0.0996. The van der Waals surface area contributed by atoms with Crippen LogP contribution in [-0.2, 0) is 13.1 Å². The molecule has 3 heterocycles. The summed E-state index contributed by atoms with van der Waals surface area (Å²) >= 11 is 3.33. The molecule has 0 saturated carbocycles. The average molecular weight is 438 g/mol. The number of alkyl halides is 1. The zero-order valence-electron chi connectivity index (χ0n) is 13.9. The van der Waals surface area contributed by atoms with Crippen molar-refractivity contribution in [2.45, 2.75) is 19.3 Å². The third kappa shape index (κ3) is 3.57. The molecule has 0 radical (unpaired) electrons. The van der Waals surface area contributed by atoms with E-state index in [1.54, 1.807) is 24.4 Å². The number of carbonyl (C=O) groups is 1. The molecule has 1 aromatic carbocycles. The minimum absolute atomic E-state index is 0.0452.